The van der Waals surface area contributed by atoms with Crippen molar-refractivity contribution in [1.29, 1.82) is 0 Å². The van der Waals surface area contributed by atoms with Crippen LogP contribution in [0.4, 0.5) is 0 Å². The summed E-state index contributed by atoms with van der Waals surface area (Å²) in [4.78, 5) is 0. The van der Waals surface area contributed by atoms with Gasteiger partial charge in [0.1, 0.15) is 7.14 Å². The van der Waals surface area contributed by atoms with Crippen LogP contribution in [0.3, 0.4) is 0 Å². The van der Waals surface area contributed by atoms with Crippen LogP contribution in [0.2, 0.25) is 0 Å². The largest absolute Gasteiger partial charge is 0.314 e. The van der Waals surface area contributed by atoms with E-state index in [9.17, 15) is 4.57 Å². The van der Waals surface area contributed by atoms with Crippen molar-refractivity contribution in [2.24, 2.45) is 0 Å². The molecule has 0 aliphatic carbocycles. The molecular weight excluding hydrogens is 227 g/mol. The van der Waals surface area contributed by atoms with Crippen LogP contribution < -0.4 is 10.6 Å². The molecule has 0 unspecified atom stereocenters. The molecule has 2 heteroatoms. The molecule has 0 bridgehead atoms. The van der Waals surface area contributed by atoms with E-state index in [1.54, 1.807) is 0 Å². The first kappa shape index (κ1) is 10.8. The topological polar surface area (TPSA) is 17.1 Å². The van der Waals surface area contributed by atoms with Gasteiger partial charge >= 0.3 is 0 Å². The molecule has 1 heterocycles. The lowest BCUT2D eigenvalue weighted by molar-refractivity contribution is 0.586. The molecule has 2 aromatic rings. The normalized spacial score (nSPS) is 26.8. The first-order valence-corrected chi connectivity index (χ1v) is 7.85. The second kappa shape index (κ2) is 3.85. The Kier molecular flexibility index (Phi) is 2.45. The van der Waals surface area contributed by atoms with E-state index in [2.05, 4.69) is 13.0 Å². The predicted molar refractivity (Wildman–Crippen MR) is 73.0 cm³/mol. The summed E-state index contributed by atoms with van der Waals surface area (Å²) in [6.45, 7) is 2.17. The second-order valence-electron chi connectivity index (χ2n) is 4.72. The Bertz CT molecular complexity index is 589. The monoisotopic (exact) mass is 242 g/mol. The van der Waals surface area contributed by atoms with E-state index in [1.165, 1.54) is 5.56 Å². The average Bonchev–Trinajstić information content (AvgIpc) is 2.65. The van der Waals surface area contributed by atoms with Gasteiger partial charge in [-0.1, -0.05) is 61.5 Å². The predicted octanol–water partition coefficient (Wildman–Crippen LogP) is 3.12. The van der Waals surface area contributed by atoms with Crippen molar-refractivity contribution in [3.63, 3.8) is 0 Å². The Hall–Kier alpha value is -1.33. The lowest BCUT2D eigenvalue weighted by Crippen LogP contribution is -2.14. The van der Waals surface area contributed by atoms with Gasteiger partial charge < -0.3 is 4.57 Å². The molecule has 1 aliphatic rings. The third-order valence-corrected chi connectivity index (χ3v) is 6.94. The molecular formula is C15H15OP. The van der Waals surface area contributed by atoms with Crippen molar-refractivity contribution < 1.29 is 4.57 Å². The van der Waals surface area contributed by atoms with E-state index in [4.69, 9.17) is 0 Å². The highest BCUT2D eigenvalue weighted by Gasteiger charge is 2.38. The van der Waals surface area contributed by atoms with Crippen molar-refractivity contribution in [1.82, 2.24) is 0 Å². The minimum absolute atomic E-state index is 0.400. The molecule has 0 fully saturated rings. The molecule has 1 aliphatic heterocycles. The zero-order chi connectivity index (χ0) is 11.9. The maximum atomic E-state index is 13.2. The van der Waals surface area contributed by atoms with Crippen LogP contribution >= 0.6 is 7.14 Å². The lowest BCUT2D eigenvalue weighted by atomic mass is 10.0. The lowest BCUT2D eigenvalue weighted by Gasteiger charge is -2.13. The summed E-state index contributed by atoms with van der Waals surface area (Å²) < 4.78 is 13.2. The van der Waals surface area contributed by atoms with Gasteiger partial charge in [0.05, 0.1) is 0 Å². The van der Waals surface area contributed by atoms with Gasteiger partial charge in [-0.2, -0.15) is 0 Å². The first-order chi connectivity index (χ1) is 8.22. The van der Waals surface area contributed by atoms with Gasteiger partial charge in [-0.05, 0) is 11.5 Å². The fourth-order valence-electron chi connectivity index (χ4n) is 2.73. The highest BCUT2D eigenvalue weighted by Crippen LogP contribution is 2.53. The van der Waals surface area contributed by atoms with Gasteiger partial charge in [0.15, 0.2) is 0 Å². The van der Waals surface area contributed by atoms with Gasteiger partial charge in [-0.25, -0.2) is 0 Å². The standard InChI is InChI=1S/C15H15OP/c1-12-11-17(16,13-7-3-2-4-8-13)15-10-6-5-9-14(12)15/h2-10,12H,11H2,1H3/t12-,17+/m0/s1. The number of hydrogen-bond donors (Lipinski definition) is 0. The van der Waals surface area contributed by atoms with Gasteiger partial charge in [0.25, 0.3) is 0 Å². The molecule has 0 aromatic heterocycles. The molecule has 3 rings (SSSR count). The summed E-state index contributed by atoms with van der Waals surface area (Å²) in [6.07, 6.45) is 0.774. The smallest absolute Gasteiger partial charge is 0.144 e. The van der Waals surface area contributed by atoms with Crippen molar-refractivity contribution in [3.8, 4) is 0 Å². The van der Waals surface area contributed by atoms with Crippen LogP contribution in [0.15, 0.2) is 54.6 Å². The highest BCUT2D eigenvalue weighted by molar-refractivity contribution is 7.79. The van der Waals surface area contributed by atoms with Gasteiger partial charge in [0.2, 0.25) is 0 Å². The Morgan fingerprint density at radius 1 is 1.00 bits per heavy atom. The zero-order valence-electron chi connectivity index (χ0n) is 9.84. The SMILES string of the molecule is C[C@H]1C[P@@](=O)(c2ccccc2)c2ccccc21. The summed E-state index contributed by atoms with van der Waals surface area (Å²) >= 11 is 0. The van der Waals surface area contributed by atoms with Gasteiger partial charge in [0, 0.05) is 16.8 Å². The minimum Gasteiger partial charge on any atom is -0.314 e. The molecule has 2 atom stereocenters. The molecule has 0 spiro atoms. The van der Waals surface area contributed by atoms with E-state index in [0.29, 0.717) is 5.92 Å². The number of hydrogen-bond acceptors (Lipinski definition) is 1. The Morgan fingerprint density at radius 3 is 2.41 bits per heavy atom. The van der Waals surface area contributed by atoms with Crippen LogP contribution in [-0.4, -0.2) is 6.16 Å². The van der Waals surface area contributed by atoms with Crippen LogP contribution in [0, 0.1) is 0 Å². The van der Waals surface area contributed by atoms with E-state index in [0.717, 1.165) is 16.8 Å². The van der Waals surface area contributed by atoms with Crippen LogP contribution in [0.1, 0.15) is 18.4 Å². The summed E-state index contributed by atoms with van der Waals surface area (Å²) in [5, 5.41) is 2.07. The number of rotatable bonds is 1. The molecule has 0 saturated heterocycles. The summed E-state index contributed by atoms with van der Waals surface area (Å²) in [5.41, 5.74) is 1.26. The molecule has 0 radical (unpaired) electrons. The molecule has 17 heavy (non-hydrogen) atoms. The zero-order valence-corrected chi connectivity index (χ0v) is 10.7. The fraction of sp³-hybridized carbons (Fsp3) is 0.200. The third-order valence-electron chi connectivity index (χ3n) is 3.56. The van der Waals surface area contributed by atoms with Crippen LogP contribution in [0.25, 0.3) is 0 Å². The molecule has 1 nitrogen and oxygen atoms in total. The Balaban J connectivity index is 2.22. The first-order valence-electron chi connectivity index (χ1n) is 5.96. The van der Waals surface area contributed by atoms with E-state index >= 15 is 0 Å². The minimum atomic E-state index is -2.37. The van der Waals surface area contributed by atoms with E-state index in [-0.39, 0.29) is 0 Å². The summed E-state index contributed by atoms with van der Waals surface area (Å²) in [7, 11) is -2.37. The van der Waals surface area contributed by atoms with Crippen molar-refractivity contribution in [2.75, 3.05) is 6.16 Å². The quantitative estimate of drug-likeness (QED) is 0.702. The summed E-state index contributed by atoms with van der Waals surface area (Å²) in [5.74, 6) is 0.400. The molecule has 86 valence electrons. The fourth-order valence-corrected chi connectivity index (χ4v) is 6.08. The number of fused-ring (bicyclic) bond motifs is 1. The maximum absolute atomic E-state index is 13.2. The summed E-state index contributed by atoms with van der Waals surface area (Å²) in [6, 6.07) is 18.1. The van der Waals surface area contributed by atoms with Crippen LogP contribution in [0.5, 0.6) is 0 Å². The Morgan fingerprint density at radius 2 is 1.65 bits per heavy atom. The van der Waals surface area contributed by atoms with E-state index in [1.807, 2.05) is 48.5 Å². The molecule has 0 saturated carbocycles. The maximum Gasteiger partial charge on any atom is 0.144 e. The second-order valence-corrected chi connectivity index (χ2v) is 7.56. The van der Waals surface area contributed by atoms with E-state index < -0.39 is 7.14 Å². The van der Waals surface area contributed by atoms with Crippen molar-refractivity contribution in [2.45, 2.75) is 12.8 Å². The molecule has 2 aromatic carbocycles. The van der Waals surface area contributed by atoms with Gasteiger partial charge in [-0.3, -0.25) is 0 Å². The highest BCUT2D eigenvalue weighted by atomic mass is 31.2. The Labute approximate surface area is 102 Å². The van der Waals surface area contributed by atoms with Crippen molar-refractivity contribution >= 4 is 17.8 Å². The third kappa shape index (κ3) is 1.57. The molecule has 0 amide bonds. The average molecular weight is 242 g/mol. The molecule has 0 N–H and O–H groups in total. The van der Waals surface area contributed by atoms with Crippen molar-refractivity contribution in [3.05, 3.63) is 60.2 Å². The number of benzene rings is 2. The van der Waals surface area contributed by atoms with Crippen LogP contribution in [-0.2, 0) is 4.57 Å². The van der Waals surface area contributed by atoms with Gasteiger partial charge in [-0.15, -0.1) is 0 Å².